The van der Waals surface area contributed by atoms with Crippen molar-refractivity contribution in [1.82, 2.24) is 4.90 Å². The number of nitrogens with zero attached hydrogens (tertiary/aromatic N) is 1. The van der Waals surface area contributed by atoms with Crippen LogP contribution in [0.3, 0.4) is 0 Å². The van der Waals surface area contributed by atoms with Gasteiger partial charge in [-0.3, -0.25) is 4.79 Å². The Morgan fingerprint density at radius 3 is 2.71 bits per heavy atom. The van der Waals surface area contributed by atoms with E-state index in [1.165, 1.54) is 0 Å². The van der Waals surface area contributed by atoms with Gasteiger partial charge in [-0.15, -0.1) is 11.8 Å². The molecule has 0 aromatic heterocycles. The van der Waals surface area contributed by atoms with Crippen LogP contribution in [0.4, 0.5) is 0 Å². The van der Waals surface area contributed by atoms with Crippen LogP contribution in [-0.4, -0.2) is 41.4 Å². The lowest BCUT2D eigenvalue weighted by Gasteiger charge is -2.22. The molecule has 1 aliphatic rings. The molecule has 1 saturated heterocycles. The van der Waals surface area contributed by atoms with Gasteiger partial charge >= 0.3 is 0 Å². The van der Waals surface area contributed by atoms with E-state index < -0.39 is 0 Å². The predicted octanol–water partition coefficient (Wildman–Crippen LogP) is 1.68. The van der Waals surface area contributed by atoms with Crippen molar-refractivity contribution in [2.75, 3.05) is 19.3 Å². The van der Waals surface area contributed by atoms with Crippen LogP contribution in [0.15, 0.2) is 30.3 Å². The summed E-state index contributed by atoms with van der Waals surface area (Å²) in [6.45, 7) is 1.15. The summed E-state index contributed by atoms with van der Waals surface area (Å²) < 4.78 is 0. The van der Waals surface area contributed by atoms with E-state index >= 15 is 0 Å². The first-order valence-corrected chi connectivity index (χ1v) is 7.05. The maximum Gasteiger partial charge on any atom is 0.240 e. The van der Waals surface area contributed by atoms with Gasteiger partial charge in [-0.05, 0) is 18.2 Å². The monoisotopic (exact) mass is 251 g/mol. The van der Waals surface area contributed by atoms with Crippen LogP contribution in [0.2, 0.25) is 0 Å². The maximum atomic E-state index is 12.3. The Bertz CT molecular complexity index is 382. The van der Waals surface area contributed by atoms with Gasteiger partial charge in [0.2, 0.25) is 5.91 Å². The normalized spacial score (nSPS) is 21.5. The number of hydrogen-bond acceptors (Lipinski definition) is 3. The molecule has 1 heterocycles. The summed E-state index contributed by atoms with van der Waals surface area (Å²) in [6.07, 6.45) is 2.29. The molecule has 3 nitrogen and oxygen atoms in total. The van der Waals surface area contributed by atoms with Gasteiger partial charge in [0, 0.05) is 13.1 Å². The molecule has 2 rings (SSSR count). The lowest BCUT2D eigenvalue weighted by atomic mass is 10.1. The number of thioether (sulfide) groups is 1. The van der Waals surface area contributed by atoms with E-state index in [1.54, 1.807) is 16.7 Å². The van der Waals surface area contributed by atoms with Crippen molar-refractivity contribution in [2.24, 2.45) is 0 Å². The summed E-state index contributed by atoms with van der Waals surface area (Å²) in [4.78, 5) is 14.1. The molecular formula is C13H17NO2S. The van der Waals surface area contributed by atoms with Gasteiger partial charge < -0.3 is 10.0 Å². The molecule has 4 heteroatoms. The molecule has 1 aliphatic heterocycles. The molecule has 1 aromatic rings. The quantitative estimate of drug-likeness (QED) is 0.888. The summed E-state index contributed by atoms with van der Waals surface area (Å²) in [5.74, 6) is 0.111. The predicted molar refractivity (Wildman–Crippen MR) is 69.9 cm³/mol. The molecule has 2 unspecified atom stereocenters. The third-order valence-electron chi connectivity index (χ3n) is 3.04. The van der Waals surface area contributed by atoms with Crippen molar-refractivity contribution < 1.29 is 9.90 Å². The maximum absolute atomic E-state index is 12.3. The Balaban J connectivity index is 2.11. The number of carbonyl (C=O) groups excluding carboxylic acids is 1. The molecule has 1 fully saturated rings. The fraction of sp³-hybridized carbons (Fsp3) is 0.462. The number of aliphatic hydroxyl groups excluding tert-OH is 1. The van der Waals surface area contributed by atoms with Crippen LogP contribution in [0.5, 0.6) is 0 Å². The number of carbonyl (C=O) groups is 1. The van der Waals surface area contributed by atoms with Crippen LogP contribution >= 0.6 is 11.8 Å². The van der Waals surface area contributed by atoms with Crippen molar-refractivity contribution >= 4 is 17.7 Å². The van der Waals surface area contributed by atoms with E-state index in [4.69, 9.17) is 0 Å². The first-order valence-electron chi connectivity index (χ1n) is 5.77. The fourth-order valence-corrected chi connectivity index (χ4v) is 2.90. The Hall–Kier alpha value is -1.00. The minimum absolute atomic E-state index is 0.111. The smallest absolute Gasteiger partial charge is 0.240 e. The van der Waals surface area contributed by atoms with Crippen LogP contribution in [0.1, 0.15) is 17.2 Å². The summed E-state index contributed by atoms with van der Waals surface area (Å²) in [5.41, 5.74) is 1.03. The third-order valence-corrected chi connectivity index (χ3v) is 3.98. The second-order valence-electron chi connectivity index (χ2n) is 4.25. The zero-order valence-corrected chi connectivity index (χ0v) is 10.7. The minimum Gasteiger partial charge on any atom is -0.391 e. The highest BCUT2D eigenvalue weighted by Gasteiger charge is 2.30. The van der Waals surface area contributed by atoms with E-state index in [-0.39, 0.29) is 17.3 Å². The first-order chi connectivity index (χ1) is 8.22. The van der Waals surface area contributed by atoms with Gasteiger partial charge in [-0.25, -0.2) is 0 Å². The SMILES string of the molecule is CSC(C(=O)N1CCC(O)C1)c1ccccc1. The van der Waals surface area contributed by atoms with Crippen LogP contribution < -0.4 is 0 Å². The van der Waals surface area contributed by atoms with Crippen molar-refractivity contribution in [3.63, 3.8) is 0 Å². The van der Waals surface area contributed by atoms with E-state index in [2.05, 4.69) is 0 Å². The Morgan fingerprint density at radius 1 is 1.47 bits per heavy atom. The molecule has 1 N–H and O–H groups in total. The minimum atomic E-state index is -0.350. The molecule has 0 spiro atoms. The van der Waals surface area contributed by atoms with Crippen molar-refractivity contribution in [3.05, 3.63) is 35.9 Å². The highest BCUT2D eigenvalue weighted by molar-refractivity contribution is 7.99. The van der Waals surface area contributed by atoms with E-state index in [0.29, 0.717) is 19.5 Å². The molecule has 17 heavy (non-hydrogen) atoms. The Labute approximate surface area is 106 Å². The van der Waals surface area contributed by atoms with E-state index in [1.807, 2.05) is 36.6 Å². The molecule has 92 valence electrons. The molecule has 1 amide bonds. The molecule has 1 aromatic carbocycles. The standard InChI is InChI=1S/C13H17NO2S/c1-17-12(10-5-3-2-4-6-10)13(16)14-8-7-11(15)9-14/h2-6,11-12,15H,7-9H2,1H3. The average molecular weight is 251 g/mol. The third kappa shape index (κ3) is 2.82. The van der Waals surface area contributed by atoms with Gasteiger partial charge in [-0.2, -0.15) is 0 Å². The average Bonchev–Trinajstić information content (AvgIpc) is 2.78. The molecule has 0 aliphatic carbocycles. The highest BCUT2D eigenvalue weighted by atomic mass is 32.2. The molecule has 0 saturated carbocycles. The van der Waals surface area contributed by atoms with Gasteiger partial charge in [0.05, 0.1) is 6.10 Å². The Kier molecular flexibility index (Phi) is 4.07. The second kappa shape index (κ2) is 5.56. The molecule has 2 atom stereocenters. The topological polar surface area (TPSA) is 40.5 Å². The summed E-state index contributed by atoms with van der Waals surface area (Å²) >= 11 is 1.55. The number of β-amino-alcohol motifs (C(OH)–C–C–N with tert-alkyl or cyclic N) is 1. The molecular weight excluding hydrogens is 234 g/mol. The number of aliphatic hydroxyl groups is 1. The number of likely N-dealkylation sites (tertiary alicyclic amines) is 1. The van der Waals surface area contributed by atoms with E-state index in [9.17, 15) is 9.90 Å². The van der Waals surface area contributed by atoms with Crippen molar-refractivity contribution in [1.29, 1.82) is 0 Å². The zero-order valence-electron chi connectivity index (χ0n) is 9.87. The summed E-state index contributed by atoms with van der Waals surface area (Å²) in [7, 11) is 0. The second-order valence-corrected chi connectivity index (χ2v) is 5.20. The lowest BCUT2D eigenvalue weighted by molar-refractivity contribution is -0.130. The molecule has 0 bridgehead atoms. The number of hydrogen-bond donors (Lipinski definition) is 1. The number of amides is 1. The van der Waals surface area contributed by atoms with Gasteiger partial charge in [0.1, 0.15) is 5.25 Å². The van der Waals surface area contributed by atoms with Crippen LogP contribution in [-0.2, 0) is 4.79 Å². The zero-order chi connectivity index (χ0) is 12.3. The number of benzene rings is 1. The highest BCUT2D eigenvalue weighted by Crippen LogP contribution is 2.29. The van der Waals surface area contributed by atoms with Gasteiger partial charge in [-0.1, -0.05) is 30.3 Å². The van der Waals surface area contributed by atoms with Crippen LogP contribution in [0.25, 0.3) is 0 Å². The summed E-state index contributed by atoms with van der Waals surface area (Å²) in [6, 6.07) is 9.80. The largest absolute Gasteiger partial charge is 0.391 e. The number of rotatable bonds is 3. The van der Waals surface area contributed by atoms with Crippen LogP contribution in [0, 0.1) is 0 Å². The first kappa shape index (κ1) is 12.5. The Morgan fingerprint density at radius 2 is 2.18 bits per heavy atom. The van der Waals surface area contributed by atoms with Crippen molar-refractivity contribution in [2.45, 2.75) is 17.8 Å². The molecule has 0 radical (unpaired) electrons. The van der Waals surface area contributed by atoms with Crippen molar-refractivity contribution in [3.8, 4) is 0 Å². The fourth-order valence-electron chi connectivity index (χ4n) is 2.12. The van der Waals surface area contributed by atoms with E-state index in [0.717, 1.165) is 5.56 Å². The lowest BCUT2D eigenvalue weighted by Crippen LogP contribution is -2.32. The van der Waals surface area contributed by atoms with Gasteiger partial charge in [0.15, 0.2) is 0 Å². The van der Waals surface area contributed by atoms with Gasteiger partial charge in [0.25, 0.3) is 0 Å². The summed E-state index contributed by atoms with van der Waals surface area (Å²) in [5, 5.41) is 9.32.